The monoisotopic (exact) mass is 513 g/mol. The second kappa shape index (κ2) is 13.6. The maximum absolute atomic E-state index is 12.8. The number of carboxylic acid groups (broad SMARTS) is 1. The summed E-state index contributed by atoms with van der Waals surface area (Å²) in [5, 5.41) is 25.9. The van der Waals surface area contributed by atoms with Gasteiger partial charge in [-0.3, -0.25) is 19.2 Å². The number of carbonyl (C=O) groups excluding carboxylic acids is 4. The molecule has 0 fully saturated rings. The Kier molecular flexibility index (Phi) is 10.6. The van der Waals surface area contributed by atoms with E-state index in [4.69, 9.17) is 11.5 Å². The molecule has 0 aliphatic carbocycles. The van der Waals surface area contributed by atoms with Crippen molar-refractivity contribution in [2.45, 2.75) is 50.4 Å². The van der Waals surface area contributed by atoms with Crippen molar-refractivity contribution in [2.75, 3.05) is 0 Å². The summed E-state index contributed by atoms with van der Waals surface area (Å²) in [7, 11) is 0. The molecule has 4 atom stereocenters. The predicted molar refractivity (Wildman–Crippen MR) is 133 cm³/mol. The third-order valence-corrected chi connectivity index (χ3v) is 5.42. The number of primary amides is 1. The minimum atomic E-state index is -1.41. The van der Waals surface area contributed by atoms with E-state index in [0.29, 0.717) is 11.1 Å². The van der Waals surface area contributed by atoms with Gasteiger partial charge in [0.25, 0.3) is 0 Å². The summed E-state index contributed by atoms with van der Waals surface area (Å²) in [5.41, 5.74) is 12.5. The molecule has 0 aromatic heterocycles. The first-order valence-corrected chi connectivity index (χ1v) is 11.5. The van der Waals surface area contributed by atoms with Gasteiger partial charge in [0.05, 0.1) is 12.5 Å². The molecule has 0 spiro atoms. The van der Waals surface area contributed by atoms with E-state index >= 15 is 0 Å². The SMILES string of the molecule is CC(NC(=O)C(CC(N)=O)NC(=O)C(N)Cc1ccc(O)cc1)C(=O)NC(Cc1ccccc1)C(=O)O. The summed E-state index contributed by atoms with van der Waals surface area (Å²) in [6.45, 7) is 1.33. The number of hydrogen-bond acceptors (Lipinski definition) is 7. The van der Waals surface area contributed by atoms with Gasteiger partial charge in [-0.05, 0) is 36.6 Å². The third kappa shape index (κ3) is 9.61. The Morgan fingerprint density at radius 1 is 0.784 bits per heavy atom. The van der Waals surface area contributed by atoms with Crippen molar-refractivity contribution in [3.63, 3.8) is 0 Å². The van der Waals surface area contributed by atoms with Crippen LogP contribution in [-0.2, 0) is 36.8 Å². The molecule has 0 aliphatic rings. The molecule has 0 bridgehead atoms. The molecule has 2 aromatic rings. The van der Waals surface area contributed by atoms with Gasteiger partial charge in [0.1, 0.15) is 23.9 Å². The average Bonchev–Trinajstić information content (AvgIpc) is 2.84. The van der Waals surface area contributed by atoms with Crippen LogP contribution in [-0.4, -0.2) is 64.0 Å². The maximum atomic E-state index is 12.8. The largest absolute Gasteiger partial charge is 0.508 e. The van der Waals surface area contributed by atoms with E-state index in [1.54, 1.807) is 42.5 Å². The molecule has 9 N–H and O–H groups in total. The van der Waals surface area contributed by atoms with Crippen LogP contribution in [0.4, 0.5) is 0 Å². The standard InChI is InChI=1S/C25H31N5O7/c1-14(22(33)30-20(25(36)37)12-15-5-3-2-4-6-15)28-24(35)19(13-21(27)32)29-23(34)18(26)11-16-7-9-17(31)10-8-16/h2-10,14,18-20,31H,11-13,26H2,1H3,(H2,27,32)(H,28,35)(H,29,34)(H,30,33)(H,36,37). The minimum Gasteiger partial charge on any atom is -0.508 e. The zero-order chi connectivity index (χ0) is 27.5. The number of carboxylic acids is 1. The number of aliphatic carboxylic acids is 1. The molecular formula is C25H31N5O7. The topological polar surface area (TPSA) is 214 Å². The van der Waals surface area contributed by atoms with E-state index in [-0.39, 0.29) is 18.6 Å². The van der Waals surface area contributed by atoms with Gasteiger partial charge in [-0.2, -0.15) is 0 Å². The molecular weight excluding hydrogens is 482 g/mol. The fourth-order valence-corrected chi connectivity index (χ4v) is 3.39. The molecule has 12 heteroatoms. The lowest BCUT2D eigenvalue weighted by Crippen LogP contribution is -2.57. The minimum absolute atomic E-state index is 0.0296. The fraction of sp³-hybridized carbons (Fsp3) is 0.320. The zero-order valence-corrected chi connectivity index (χ0v) is 20.2. The van der Waals surface area contributed by atoms with E-state index in [9.17, 15) is 34.2 Å². The number of amides is 4. The van der Waals surface area contributed by atoms with E-state index in [0.717, 1.165) is 0 Å². The Morgan fingerprint density at radius 3 is 1.92 bits per heavy atom. The van der Waals surface area contributed by atoms with Crippen molar-refractivity contribution in [3.05, 3.63) is 65.7 Å². The molecule has 0 saturated heterocycles. The van der Waals surface area contributed by atoms with Gasteiger partial charge in [-0.25, -0.2) is 4.79 Å². The van der Waals surface area contributed by atoms with Crippen molar-refractivity contribution < 1.29 is 34.2 Å². The molecule has 12 nitrogen and oxygen atoms in total. The molecule has 2 rings (SSSR count). The summed E-state index contributed by atoms with van der Waals surface area (Å²) in [6.07, 6.45) is -0.431. The molecule has 4 unspecified atom stereocenters. The zero-order valence-electron chi connectivity index (χ0n) is 20.2. The number of rotatable bonds is 13. The number of phenolic OH excluding ortho intramolecular Hbond substituents is 1. The van der Waals surface area contributed by atoms with Crippen molar-refractivity contribution in [1.82, 2.24) is 16.0 Å². The van der Waals surface area contributed by atoms with Crippen LogP contribution in [0.25, 0.3) is 0 Å². The lowest BCUT2D eigenvalue weighted by Gasteiger charge is -2.23. The van der Waals surface area contributed by atoms with Crippen molar-refractivity contribution in [3.8, 4) is 5.75 Å². The number of hydrogen-bond donors (Lipinski definition) is 7. The highest BCUT2D eigenvalue weighted by molar-refractivity contribution is 5.96. The summed E-state index contributed by atoms with van der Waals surface area (Å²) in [5.74, 6) is -4.46. The number of aromatic hydroxyl groups is 1. The smallest absolute Gasteiger partial charge is 0.326 e. The van der Waals surface area contributed by atoms with Crippen molar-refractivity contribution in [1.29, 1.82) is 0 Å². The predicted octanol–water partition coefficient (Wildman–Crippen LogP) is -1.06. The van der Waals surface area contributed by atoms with Crippen molar-refractivity contribution in [2.24, 2.45) is 11.5 Å². The van der Waals surface area contributed by atoms with E-state index in [1.165, 1.54) is 19.1 Å². The van der Waals surface area contributed by atoms with Gasteiger partial charge in [0.2, 0.25) is 23.6 Å². The van der Waals surface area contributed by atoms with Gasteiger partial charge in [0, 0.05) is 6.42 Å². The van der Waals surface area contributed by atoms with Crippen LogP contribution in [0.1, 0.15) is 24.5 Å². The summed E-state index contributed by atoms with van der Waals surface area (Å²) in [4.78, 5) is 61.0. The summed E-state index contributed by atoms with van der Waals surface area (Å²) >= 11 is 0. The van der Waals surface area contributed by atoms with Crippen LogP contribution >= 0.6 is 0 Å². The molecule has 0 aliphatic heterocycles. The maximum Gasteiger partial charge on any atom is 0.326 e. The lowest BCUT2D eigenvalue weighted by molar-refractivity contribution is -0.142. The molecule has 4 amide bonds. The first kappa shape index (κ1) is 28.8. The van der Waals surface area contributed by atoms with E-state index in [2.05, 4.69) is 16.0 Å². The third-order valence-electron chi connectivity index (χ3n) is 5.42. The first-order valence-electron chi connectivity index (χ1n) is 11.5. The number of phenols is 1. The van der Waals surface area contributed by atoms with E-state index < -0.39 is 60.2 Å². The molecule has 198 valence electrons. The molecule has 37 heavy (non-hydrogen) atoms. The lowest BCUT2D eigenvalue weighted by atomic mass is 10.0. The highest BCUT2D eigenvalue weighted by Crippen LogP contribution is 2.11. The Balaban J connectivity index is 1.99. The number of nitrogens with one attached hydrogen (secondary N) is 3. The van der Waals surface area contributed by atoms with Gasteiger partial charge in [-0.15, -0.1) is 0 Å². The Bertz CT molecular complexity index is 1110. The first-order chi connectivity index (χ1) is 17.5. The summed E-state index contributed by atoms with van der Waals surface area (Å²) in [6, 6.07) is 9.80. The normalized spacial score (nSPS) is 13.9. The van der Waals surface area contributed by atoms with Crippen LogP contribution < -0.4 is 27.4 Å². The number of benzene rings is 2. The molecule has 2 aromatic carbocycles. The quantitative estimate of drug-likeness (QED) is 0.175. The fourth-order valence-electron chi connectivity index (χ4n) is 3.39. The van der Waals surface area contributed by atoms with Gasteiger partial charge < -0.3 is 37.6 Å². The number of carbonyl (C=O) groups is 5. The van der Waals surface area contributed by atoms with Crippen LogP contribution in [0.3, 0.4) is 0 Å². The molecule has 0 radical (unpaired) electrons. The second-order valence-electron chi connectivity index (χ2n) is 8.53. The Hall–Kier alpha value is -4.45. The average molecular weight is 514 g/mol. The van der Waals surface area contributed by atoms with Crippen LogP contribution in [0.5, 0.6) is 5.75 Å². The second-order valence-corrected chi connectivity index (χ2v) is 8.53. The molecule has 0 heterocycles. The van der Waals surface area contributed by atoms with Crippen LogP contribution in [0, 0.1) is 0 Å². The van der Waals surface area contributed by atoms with Crippen LogP contribution in [0.2, 0.25) is 0 Å². The van der Waals surface area contributed by atoms with E-state index in [1.807, 2.05) is 0 Å². The van der Waals surface area contributed by atoms with Gasteiger partial charge in [0.15, 0.2) is 0 Å². The van der Waals surface area contributed by atoms with Crippen molar-refractivity contribution >= 4 is 29.6 Å². The van der Waals surface area contributed by atoms with Gasteiger partial charge >= 0.3 is 5.97 Å². The van der Waals surface area contributed by atoms with Gasteiger partial charge in [-0.1, -0.05) is 42.5 Å². The highest BCUT2D eigenvalue weighted by atomic mass is 16.4. The number of nitrogens with two attached hydrogens (primary N) is 2. The van der Waals surface area contributed by atoms with Crippen LogP contribution in [0.15, 0.2) is 54.6 Å². The molecule has 0 saturated carbocycles. The Morgan fingerprint density at radius 2 is 1.35 bits per heavy atom. The Labute approximate surface area is 213 Å². The highest BCUT2D eigenvalue weighted by Gasteiger charge is 2.29. The summed E-state index contributed by atoms with van der Waals surface area (Å²) < 4.78 is 0.